The van der Waals surface area contributed by atoms with E-state index < -0.39 is 42.3 Å². The molecule has 0 saturated carbocycles. The van der Waals surface area contributed by atoms with Gasteiger partial charge in [-0.3, -0.25) is 9.59 Å². The van der Waals surface area contributed by atoms with E-state index in [4.69, 9.17) is 9.47 Å². The molecule has 1 saturated heterocycles. The molecule has 0 radical (unpaired) electrons. The van der Waals surface area contributed by atoms with Crippen LogP contribution in [0.2, 0.25) is 0 Å². The first-order valence-corrected chi connectivity index (χ1v) is 14.0. The Labute approximate surface area is 248 Å². The first-order chi connectivity index (χ1) is 20.2. The number of benzene rings is 1. The molecule has 0 spiro atoms. The number of carbonyl (C=O) groups excluding carboxylic acids is 3. The fourth-order valence-corrected chi connectivity index (χ4v) is 5.22. The van der Waals surface area contributed by atoms with Crippen molar-refractivity contribution in [3.8, 4) is 0 Å². The van der Waals surface area contributed by atoms with E-state index >= 15 is 0 Å². The molecular weight excluding hydrogens is 571 g/mol. The van der Waals surface area contributed by atoms with Crippen molar-refractivity contribution in [2.45, 2.75) is 52.1 Å². The molecule has 0 bridgehead atoms. The number of methoxy groups -OCH3 is 1. The fraction of sp³-hybridized carbons (Fsp3) is 0.571. The second kappa shape index (κ2) is 12.5. The van der Waals surface area contributed by atoms with Crippen LogP contribution in [0.4, 0.5) is 35.2 Å². The monoisotopic (exact) mass is 609 g/mol. The summed E-state index contributed by atoms with van der Waals surface area (Å²) in [6, 6.07) is 4.47. The van der Waals surface area contributed by atoms with Crippen molar-refractivity contribution < 1.29 is 37.0 Å². The van der Waals surface area contributed by atoms with Crippen LogP contribution in [0.1, 0.15) is 49.3 Å². The number of rotatable bonds is 8. The number of hydrogen-bond donors (Lipinski definition) is 2. The van der Waals surface area contributed by atoms with Crippen molar-refractivity contribution in [3.63, 3.8) is 0 Å². The zero-order valence-electron chi connectivity index (χ0n) is 25.2. The molecule has 1 atom stereocenters. The van der Waals surface area contributed by atoms with Gasteiger partial charge in [0.05, 0.1) is 41.7 Å². The minimum absolute atomic E-state index is 0.0548. The zero-order chi connectivity index (χ0) is 31.7. The molecule has 1 aromatic heterocycles. The predicted octanol–water partition coefficient (Wildman–Crippen LogP) is 3.16. The Kier molecular flexibility index (Phi) is 9.37. The summed E-state index contributed by atoms with van der Waals surface area (Å²) in [5.41, 5.74) is 0.527. The average molecular weight is 610 g/mol. The number of aromatic nitrogens is 2. The van der Waals surface area contributed by atoms with Gasteiger partial charge in [-0.1, -0.05) is 0 Å². The van der Waals surface area contributed by atoms with Crippen LogP contribution >= 0.6 is 0 Å². The largest absolute Gasteiger partial charge is 0.471 e. The molecule has 2 amide bonds. The van der Waals surface area contributed by atoms with E-state index in [1.165, 1.54) is 26.2 Å². The van der Waals surface area contributed by atoms with Crippen LogP contribution in [-0.4, -0.2) is 98.4 Å². The first kappa shape index (κ1) is 32.2. The second-order valence-corrected chi connectivity index (χ2v) is 11.2. The minimum atomic E-state index is -5.21. The maximum absolute atomic E-state index is 13.9. The SMILES string of the molecule is CCOC(=O)n1nc(NC(=O)c2ccc(N3CCN(C)CC3)cc2N(C[C@H](C)OC)C(=O)C(F)(F)F)c2c1C(C)(C)NC2. The summed E-state index contributed by atoms with van der Waals surface area (Å²) in [6.07, 6.45) is -6.71. The summed E-state index contributed by atoms with van der Waals surface area (Å²) < 4.78 is 53.0. The van der Waals surface area contributed by atoms with Gasteiger partial charge in [0, 0.05) is 51.1 Å². The normalized spacial score (nSPS) is 17.4. The van der Waals surface area contributed by atoms with Crippen molar-refractivity contribution in [3.05, 3.63) is 35.0 Å². The van der Waals surface area contributed by atoms with Gasteiger partial charge >= 0.3 is 18.2 Å². The Morgan fingerprint density at radius 1 is 1.19 bits per heavy atom. The van der Waals surface area contributed by atoms with Crippen LogP contribution in [0, 0.1) is 0 Å². The Balaban J connectivity index is 1.79. The third-order valence-corrected chi connectivity index (χ3v) is 7.67. The Hall–Kier alpha value is -3.69. The summed E-state index contributed by atoms with van der Waals surface area (Å²) in [7, 11) is 3.30. The molecular formula is C28H38F3N7O5. The lowest BCUT2D eigenvalue weighted by atomic mass is 10.0. The number of halogens is 3. The minimum Gasteiger partial charge on any atom is -0.448 e. The van der Waals surface area contributed by atoms with Crippen LogP contribution < -0.4 is 20.4 Å². The van der Waals surface area contributed by atoms with Crippen molar-refractivity contribution in [1.29, 1.82) is 0 Å². The van der Waals surface area contributed by atoms with Crippen LogP contribution in [0.3, 0.4) is 0 Å². The number of amides is 2. The molecule has 0 unspecified atom stereocenters. The lowest BCUT2D eigenvalue weighted by Gasteiger charge is -2.35. The lowest BCUT2D eigenvalue weighted by Crippen LogP contribution is -2.46. The number of nitrogens with one attached hydrogen (secondary N) is 2. The molecule has 2 aliphatic heterocycles. The Morgan fingerprint density at radius 3 is 2.47 bits per heavy atom. The van der Waals surface area contributed by atoms with E-state index in [2.05, 4.69) is 20.6 Å². The number of hydrogen-bond acceptors (Lipinski definition) is 9. The summed E-state index contributed by atoms with van der Waals surface area (Å²) in [5.74, 6) is -2.87. The van der Waals surface area contributed by atoms with E-state index in [9.17, 15) is 27.6 Å². The van der Waals surface area contributed by atoms with Gasteiger partial charge in [0.15, 0.2) is 5.82 Å². The fourth-order valence-electron chi connectivity index (χ4n) is 5.22. The van der Waals surface area contributed by atoms with E-state index in [0.717, 1.165) is 17.8 Å². The molecule has 236 valence electrons. The molecule has 2 N–H and O–H groups in total. The van der Waals surface area contributed by atoms with Gasteiger partial charge in [0.2, 0.25) is 0 Å². The van der Waals surface area contributed by atoms with Crippen LogP contribution in [-0.2, 0) is 26.4 Å². The van der Waals surface area contributed by atoms with Crippen LogP contribution in [0.15, 0.2) is 18.2 Å². The van der Waals surface area contributed by atoms with Crippen LogP contribution in [0.5, 0.6) is 0 Å². The maximum Gasteiger partial charge on any atom is 0.471 e. The number of carbonyl (C=O) groups is 3. The van der Waals surface area contributed by atoms with Gasteiger partial charge < -0.3 is 34.8 Å². The third kappa shape index (κ3) is 6.78. The quantitative estimate of drug-likeness (QED) is 0.465. The number of anilines is 3. The molecule has 43 heavy (non-hydrogen) atoms. The molecule has 2 aliphatic rings. The molecule has 4 rings (SSSR count). The van der Waals surface area contributed by atoms with Gasteiger partial charge in [0.1, 0.15) is 0 Å². The first-order valence-electron chi connectivity index (χ1n) is 14.0. The summed E-state index contributed by atoms with van der Waals surface area (Å²) >= 11 is 0. The van der Waals surface area contributed by atoms with Crippen molar-refractivity contribution in [2.75, 3.05) is 68.6 Å². The second-order valence-electron chi connectivity index (χ2n) is 11.2. The summed E-state index contributed by atoms with van der Waals surface area (Å²) in [6.45, 7) is 9.50. The van der Waals surface area contributed by atoms with Gasteiger partial charge in [-0.25, -0.2) is 4.79 Å². The highest BCUT2D eigenvalue weighted by Gasteiger charge is 2.45. The Bertz CT molecular complexity index is 1370. The highest BCUT2D eigenvalue weighted by atomic mass is 19.4. The number of alkyl halides is 3. The Morgan fingerprint density at radius 2 is 1.86 bits per heavy atom. The molecule has 12 nitrogen and oxygen atoms in total. The molecule has 15 heteroatoms. The summed E-state index contributed by atoms with van der Waals surface area (Å²) in [4.78, 5) is 43.9. The van der Waals surface area contributed by atoms with E-state index in [0.29, 0.717) is 34.9 Å². The van der Waals surface area contributed by atoms with Gasteiger partial charge in [-0.2, -0.15) is 17.9 Å². The highest BCUT2D eigenvalue weighted by Crippen LogP contribution is 2.36. The van der Waals surface area contributed by atoms with E-state index in [1.807, 2.05) is 25.8 Å². The number of ether oxygens (including phenoxy) is 2. The smallest absolute Gasteiger partial charge is 0.448 e. The van der Waals surface area contributed by atoms with Crippen molar-refractivity contribution in [2.24, 2.45) is 0 Å². The summed E-state index contributed by atoms with van der Waals surface area (Å²) in [5, 5.41) is 10.2. The number of piperazine rings is 1. The van der Waals surface area contributed by atoms with Crippen molar-refractivity contribution in [1.82, 2.24) is 20.0 Å². The maximum atomic E-state index is 13.9. The standard InChI is InChI=1S/C28H38F3N7O5/c1-7-43-26(41)38-22-20(15-32-27(22,3)4)23(34-38)33-24(39)19-9-8-18(36-12-10-35(5)11-13-36)14-21(19)37(16-17(2)42-6)25(40)28(29,30)31/h8-9,14,17,32H,7,10-13,15-16H2,1-6H3,(H,33,34,39)/t17-/m0/s1. The predicted molar refractivity (Wildman–Crippen MR) is 153 cm³/mol. The van der Waals surface area contributed by atoms with Gasteiger partial charge in [-0.15, -0.1) is 5.10 Å². The zero-order valence-corrected chi connectivity index (χ0v) is 25.2. The molecule has 1 fully saturated rings. The molecule has 1 aromatic carbocycles. The topological polar surface area (TPSA) is 121 Å². The molecule has 2 aromatic rings. The number of fused-ring (bicyclic) bond motifs is 1. The molecule has 3 heterocycles. The lowest BCUT2D eigenvalue weighted by molar-refractivity contribution is -0.170. The highest BCUT2D eigenvalue weighted by molar-refractivity contribution is 6.11. The van der Waals surface area contributed by atoms with E-state index in [-0.39, 0.29) is 30.2 Å². The third-order valence-electron chi connectivity index (χ3n) is 7.67. The molecule has 0 aliphatic carbocycles. The average Bonchev–Trinajstić information content (AvgIpc) is 3.48. The van der Waals surface area contributed by atoms with Gasteiger partial charge in [0.25, 0.3) is 5.91 Å². The van der Waals surface area contributed by atoms with Crippen LogP contribution in [0.25, 0.3) is 0 Å². The van der Waals surface area contributed by atoms with Crippen molar-refractivity contribution >= 4 is 35.1 Å². The number of nitrogens with zero attached hydrogens (tertiary/aromatic N) is 5. The van der Waals surface area contributed by atoms with E-state index in [1.54, 1.807) is 13.0 Å². The number of likely N-dealkylation sites (N-methyl/N-ethyl adjacent to an activating group) is 1. The van der Waals surface area contributed by atoms with Gasteiger partial charge in [-0.05, 0) is 52.9 Å².